The van der Waals surface area contributed by atoms with E-state index in [1.165, 1.54) is 0 Å². The number of hydrogen-bond acceptors (Lipinski definition) is 5. The van der Waals surface area contributed by atoms with E-state index in [4.69, 9.17) is 9.47 Å². The minimum Gasteiger partial charge on any atom is -0.465 e. The fourth-order valence-electron chi connectivity index (χ4n) is 3.02. The van der Waals surface area contributed by atoms with Crippen LogP contribution in [0.25, 0.3) is 0 Å². The van der Waals surface area contributed by atoms with Gasteiger partial charge in [0, 0.05) is 32.6 Å². The molecule has 1 aromatic heterocycles. The summed E-state index contributed by atoms with van der Waals surface area (Å²) in [7, 11) is 1.64. The summed E-state index contributed by atoms with van der Waals surface area (Å²) in [5.74, 6) is -0.136. The number of aromatic nitrogens is 1. The number of carbonyl (C=O) groups is 1. The summed E-state index contributed by atoms with van der Waals surface area (Å²) in [6, 6.07) is 4.00. The van der Waals surface area contributed by atoms with Crippen molar-refractivity contribution in [1.82, 2.24) is 9.88 Å². The molecule has 1 aliphatic rings. The van der Waals surface area contributed by atoms with E-state index in [0.717, 1.165) is 31.5 Å². The lowest BCUT2D eigenvalue weighted by molar-refractivity contribution is -0.163. The largest absolute Gasteiger partial charge is 0.465 e. The minimum absolute atomic E-state index is 0.136. The third-order valence-corrected chi connectivity index (χ3v) is 3.91. The van der Waals surface area contributed by atoms with Crippen LogP contribution in [0.15, 0.2) is 24.5 Å². The highest BCUT2D eigenvalue weighted by atomic mass is 16.5. The van der Waals surface area contributed by atoms with Crippen molar-refractivity contribution in [2.24, 2.45) is 5.41 Å². The zero-order valence-corrected chi connectivity index (χ0v) is 12.9. The van der Waals surface area contributed by atoms with Gasteiger partial charge in [0.05, 0.1) is 13.2 Å². The predicted octanol–water partition coefficient (Wildman–Crippen LogP) is 1.87. The minimum atomic E-state index is -0.536. The second kappa shape index (κ2) is 7.52. The van der Waals surface area contributed by atoms with Crippen molar-refractivity contribution in [1.29, 1.82) is 0 Å². The third-order valence-electron chi connectivity index (χ3n) is 3.91. The van der Waals surface area contributed by atoms with E-state index < -0.39 is 5.41 Å². The second-order valence-electron chi connectivity index (χ2n) is 5.61. The molecule has 1 fully saturated rings. The number of ether oxygens (including phenoxy) is 2. The van der Waals surface area contributed by atoms with Crippen molar-refractivity contribution in [2.75, 3.05) is 33.4 Å². The number of hydrogen-bond donors (Lipinski definition) is 0. The lowest BCUT2D eigenvalue weighted by Gasteiger charge is -2.40. The van der Waals surface area contributed by atoms with E-state index in [2.05, 4.69) is 16.0 Å². The van der Waals surface area contributed by atoms with Gasteiger partial charge in [-0.2, -0.15) is 0 Å². The van der Waals surface area contributed by atoms with Crippen LogP contribution >= 0.6 is 0 Å². The molecule has 5 nitrogen and oxygen atoms in total. The number of carbonyl (C=O) groups excluding carboxylic acids is 1. The van der Waals surface area contributed by atoms with Gasteiger partial charge in [-0.15, -0.1) is 0 Å². The lowest BCUT2D eigenvalue weighted by Crippen LogP contribution is -2.50. The maximum atomic E-state index is 12.4. The maximum Gasteiger partial charge on any atom is 0.315 e. The molecule has 1 aliphatic heterocycles. The van der Waals surface area contributed by atoms with Crippen molar-refractivity contribution in [3.05, 3.63) is 30.1 Å². The first-order chi connectivity index (χ1) is 10.2. The molecular weight excluding hydrogens is 268 g/mol. The summed E-state index contributed by atoms with van der Waals surface area (Å²) in [5.41, 5.74) is 0.625. The van der Waals surface area contributed by atoms with Crippen LogP contribution in [0.3, 0.4) is 0 Å². The van der Waals surface area contributed by atoms with Crippen LogP contribution in [0.5, 0.6) is 0 Å². The van der Waals surface area contributed by atoms with Gasteiger partial charge >= 0.3 is 5.97 Å². The summed E-state index contributed by atoms with van der Waals surface area (Å²) >= 11 is 0. The molecule has 0 N–H and O–H groups in total. The Morgan fingerprint density at radius 2 is 2.38 bits per heavy atom. The highest BCUT2D eigenvalue weighted by molar-refractivity contribution is 5.77. The van der Waals surface area contributed by atoms with Crippen LogP contribution in [0.1, 0.15) is 25.3 Å². The van der Waals surface area contributed by atoms with Gasteiger partial charge in [-0.1, -0.05) is 6.07 Å². The Bertz CT molecular complexity index is 448. The summed E-state index contributed by atoms with van der Waals surface area (Å²) in [5, 5.41) is 0. The Labute approximate surface area is 126 Å². The van der Waals surface area contributed by atoms with E-state index in [9.17, 15) is 4.79 Å². The number of esters is 1. The summed E-state index contributed by atoms with van der Waals surface area (Å²) in [4.78, 5) is 18.8. The molecule has 0 aliphatic carbocycles. The van der Waals surface area contributed by atoms with E-state index in [1.807, 2.05) is 19.2 Å². The maximum absolute atomic E-state index is 12.4. The fraction of sp³-hybridized carbons (Fsp3) is 0.625. The second-order valence-corrected chi connectivity index (χ2v) is 5.61. The zero-order chi connectivity index (χ0) is 15.1. The normalized spacial score (nSPS) is 23.0. The number of nitrogens with zero attached hydrogens (tertiary/aromatic N) is 2. The van der Waals surface area contributed by atoms with Gasteiger partial charge in [0.1, 0.15) is 5.41 Å². The number of rotatable bonds is 6. The topological polar surface area (TPSA) is 51.7 Å². The number of methoxy groups -OCH3 is 1. The third kappa shape index (κ3) is 4.02. The Kier molecular flexibility index (Phi) is 5.70. The van der Waals surface area contributed by atoms with Crippen molar-refractivity contribution in [3.63, 3.8) is 0 Å². The monoisotopic (exact) mass is 292 g/mol. The summed E-state index contributed by atoms with van der Waals surface area (Å²) in [6.45, 7) is 5.13. The Balaban J connectivity index is 2.07. The molecule has 0 bridgehead atoms. The highest BCUT2D eigenvalue weighted by Crippen LogP contribution is 2.32. The quantitative estimate of drug-likeness (QED) is 0.749. The molecule has 1 aromatic rings. The first-order valence-electron chi connectivity index (χ1n) is 7.47. The molecule has 0 spiro atoms. The van der Waals surface area contributed by atoms with Crippen LogP contribution in [0, 0.1) is 5.41 Å². The van der Waals surface area contributed by atoms with Crippen LogP contribution in [0.4, 0.5) is 0 Å². The molecule has 1 saturated heterocycles. The van der Waals surface area contributed by atoms with Crippen molar-refractivity contribution in [2.45, 2.75) is 26.3 Å². The molecule has 2 heterocycles. The van der Waals surface area contributed by atoms with Gasteiger partial charge in [-0.3, -0.25) is 14.7 Å². The molecule has 0 saturated carbocycles. The molecule has 116 valence electrons. The fourth-order valence-corrected chi connectivity index (χ4v) is 3.02. The molecule has 1 atom stereocenters. The predicted molar refractivity (Wildman–Crippen MR) is 79.7 cm³/mol. The first kappa shape index (κ1) is 15.9. The molecule has 0 amide bonds. The van der Waals surface area contributed by atoms with Gasteiger partial charge < -0.3 is 9.47 Å². The van der Waals surface area contributed by atoms with Gasteiger partial charge in [0.15, 0.2) is 0 Å². The Morgan fingerprint density at radius 1 is 1.52 bits per heavy atom. The highest BCUT2D eigenvalue weighted by Gasteiger charge is 2.43. The molecule has 0 aromatic carbocycles. The average Bonchev–Trinajstić information content (AvgIpc) is 2.49. The summed E-state index contributed by atoms with van der Waals surface area (Å²) < 4.78 is 10.6. The molecule has 21 heavy (non-hydrogen) atoms. The van der Waals surface area contributed by atoms with Crippen molar-refractivity contribution in [3.8, 4) is 0 Å². The van der Waals surface area contributed by atoms with Gasteiger partial charge in [0.25, 0.3) is 0 Å². The molecule has 0 radical (unpaired) electrons. The molecule has 0 unspecified atom stereocenters. The number of likely N-dealkylation sites (tertiary alicyclic amines) is 1. The SMILES string of the molecule is CCOC(=O)[C@@]1(COC)CCCN(Cc2cccnc2)C1. The van der Waals surface area contributed by atoms with Gasteiger partial charge in [-0.25, -0.2) is 0 Å². The standard InChI is InChI=1S/C16H24N2O3/c1-3-21-15(19)16(13-20-2)7-5-9-18(12-16)11-14-6-4-8-17-10-14/h4,6,8,10H,3,5,7,9,11-13H2,1-2H3/t16-/m0/s1. The van der Waals surface area contributed by atoms with Crippen LogP contribution in [-0.2, 0) is 20.8 Å². The van der Waals surface area contributed by atoms with E-state index in [1.54, 1.807) is 13.3 Å². The van der Waals surface area contributed by atoms with Crippen molar-refractivity contribution < 1.29 is 14.3 Å². The van der Waals surface area contributed by atoms with E-state index in [0.29, 0.717) is 19.8 Å². The smallest absolute Gasteiger partial charge is 0.315 e. The molecule has 5 heteroatoms. The van der Waals surface area contributed by atoms with Crippen molar-refractivity contribution >= 4 is 5.97 Å². The Morgan fingerprint density at radius 3 is 3.05 bits per heavy atom. The lowest BCUT2D eigenvalue weighted by atomic mass is 9.80. The summed E-state index contributed by atoms with van der Waals surface area (Å²) in [6.07, 6.45) is 5.44. The zero-order valence-electron chi connectivity index (χ0n) is 12.9. The first-order valence-corrected chi connectivity index (χ1v) is 7.47. The van der Waals surface area contributed by atoms with Crippen LogP contribution in [-0.4, -0.2) is 49.3 Å². The van der Waals surface area contributed by atoms with E-state index >= 15 is 0 Å². The Hall–Kier alpha value is -1.46. The van der Waals surface area contributed by atoms with Gasteiger partial charge in [0.2, 0.25) is 0 Å². The number of piperidine rings is 1. The van der Waals surface area contributed by atoms with Gasteiger partial charge in [-0.05, 0) is 37.9 Å². The number of pyridine rings is 1. The molecule has 2 rings (SSSR count). The van der Waals surface area contributed by atoms with E-state index in [-0.39, 0.29) is 5.97 Å². The van der Waals surface area contributed by atoms with Crippen LogP contribution in [0.2, 0.25) is 0 Å². The average molecular weight is 292 g/mol. The van der Waals surface area contributed by atoms with Crippen LogP contribution < -0.4 is 0 Å². The molecular formula is C16H24N2O3.